The van der Waals surface area contributed by atoms with Crippen molar-refractivity contribution < 1.29 is 39.5 Å². The van der Waals surface area contributed by atoms with Crippen molar-refractivity contribution in [1.82, 2.24) is 0 Å². The van der Waals surface area contributed by atoms with E-state index in [1.807, 2.05) is 0 Å². The first-order chi connectivity index (χ1) is 14.1. The molecule has 31 heavy (non-hydrogen) atoms. The van der Waals surface area contributed by atoms with Crippen molar-refractivity contribution >= 4 is 13.4 Å². The Hall–Kier alpha value is -2.43. The molecule has 2 aromatic carbocycles. The quantitative estimate of drug-likeness (QED) is 0.392. The van der Waals surface area contributed by atoms with Gasteiger partial charge >= 0.3 is 18.5 Å². The Morgan fingerprint density at radius 1 is 0.839 bits per heavy atom. The molecule has 0 aliphatic carbocycles. The van der Waals surface area contributed by atoms with E-state index in [1.165, 1.54) is 18.2 Å². The van der Waals surface area contributed by atoms with Crippen LogP contribution in [0.25, 0.3) is 6.08 Å². The second-order valence-electron chi connectivity index (χ2n) is 6.86. The molecule has 167 valence electrons. The predicted molar refractivity (Wildman–Crippen MR) is 99.1 cm³/mol. The van der Waals surface area contributed by atoms with E-state index in [9.17, 15) is 39.5 Å². The number of nitrogens with two attached hydrogens (primary N) is 1. The molecule has 0 bridgehead atoms. The van der Waals surface area contributed by atoms with Crippen molar-refractivity contribution in [3.05, 3.63) is 76.4 Å². The Morgan fingerprint density at radius 3 is 1.65 bits per heavy atom. The summed E-state index contributed by atoms with van der Waals surface area (Å²) >= 11 is 0. The molecule has 1 nitrogen and oxygen atoms in total. The molecule has 0 amide bonds. The monoisotopic (exact) mass is 452 g/mol. The van der Waals surface area contributed by atoms with Gasteiger partial charge in [-0.05, 0) is 40.6 Å². The minimum atomic E-state index is -5.45. The summed E-state index contributed by atoms with van der Waals surface area (Å²) < 4.78 is 120. The van der Waals surface area contributed by atoms with E-state index in [1.54, 1.807) is 12.1 Å². The highest BCUT2D eigenvalue weighted by molar-refractivity contribution is 6.39. The van der Waals surface area contributed by atoms with Gasteiger partial charge in [-0.15, -0.1) is 0 Å². The van der Waals surface area contributed by atoms with E-state index in [0.29, 0.717) is 11.1 Å². The van der Waals surface area contributed by atoms with Gasteiger partial charge in [0.15, 0.2) is 0 Å². The van der Waals surface area contributed by atoms with Crippen molar-refractivity contribution in [2.75, 3.05) is 0 Å². The minimum absolute atomic E-state index is 0.306. The average Bonchev–Trinajstić information content (AvgIpc) is 2.64. The molecule has 2 rings (SSSR count). The van der Waals surface area contributed by atoms with E-state index in [2.05, 4.69) is 6.58 Å². The van der Waals surface area contributed by atoms with Gasteiger partial charge in [0.1, 0.15) is 7.28 Å². The van der Waals surface area contributed by atoms with Gasteiger partial charge in [0.2, 0.25) is 0 Å². The zero-order valence-corrected chi connectivity index (χ0v) is 16.0. The SMILES string of the molecule is C=Cc1ccc(C(N)[B]C(C)c2c(C(F)(F)F)cc(C(F)(F)F)cc2C(F)(F)F)cc1. The first-order valence-electron chi connectivity index (χ1n) is 8.78. The lowest BCUT2D eigenvalue weighted by Gasteiger charge is -2.26. The molecule has 1 radical (unpaired) electrons. The van der Waals surface area contributed by atoms with Gasteiger partial charge in [0, 0.05) is 0 Å². The molecule has 0 saturated heterocycles. The minimum Gasteiger partial charge on any atom is -0.331 e. The smallest absolute Gasteiger partial charge is 0.331 e. The van der Waals surface area contributed by atoms with Crippen molar-refractivity contribution in [2.24, 2.45) is 5.73 Å². The third-order valence-corrected chi connectivity index (χ3v) is 4.63. The summed E-state index contributed by atoms with van der Waals surface area (Å²) in [6, 6.07) is 5.63. The second-order valence-corrected chi connectivity index (χ2v) is 6.86. The van der Waals surface area contributed by atoms with Crippen LogP contribution in [-0.4, -0.2) is 7.28 Å². The van der Waals surface area contributed by atoms with Gasteiger partial charge in [0.25, 0.3) is 0 Å². The Morgan fingerprint density at radius 2 is 1.29 bits per heavy atom. The fraction of sp³-hybridized carbons (Fsp3) is 0.300. The fourth-order valence-corrected chi connectivity index (χ4v) is 3.15. The van der Waals surface area contributed by atoms with E-state index < -0.39 is 52.5 Å². The van der Waals surface area contributed by atoms with E-state index in [0.717, 1.165) is 14.2 Å². The maximum atomic E-state index is 13.5. The molecule has 2 unspecified atom stereocenters. The van der Waals surface area contributed by atoms with E-state index in [-0.39, 0.29) is 12.1 Å². The van der Waals surface area contributed by atoms with Gasteiger partial charge in [-0.3, -0.25) is 0 Å². The number of hydrogen-bond donors (Lipinski definition) is 1. The van der Waals surface area contributed by atoms with Crippen molar-refractivity contribution in [3.8, 4) is 0 Å². The van der Waals surface area contributed by atoms with Gasteiger partial charge in [-0.2, -0.15) is 39.5 Å². The molecule has 0 saturated carbocycles. The third kappa shape index (κ3) is 5.84. The number of rotatable bonds is 5. The average molecular weight is 452 g/mol. The van der Waals surface area contributed by atoms with Gasteiger partial charge in [-0.1, -0.05) is 43.8 Å². The molecule has 2 aromatic rings. The molecule has 0 heterocycles. The maximum Gasteiger partial charge on any atom is 0.416 e. The van der Waals surface area contributed by atoms with Crippen molar-refractivity contribution in [3.63, 3.8) is 0 Å². The van der Waals surface area contributed by atoms with Crippen molar-refractivity contribution in [2.45, 2.75) is 37.2 Å². The fourth-order valence-electron chi connectivity index (χ4n) is 3.15. The molecule has 2 N–H and O–H groups in total. The predicted octanol–water partition coefficient (Wildman–Crippen LogP) is 6.81. The molecule has 0 aliphatic rings. The van der Waals surface area contributed by atoms with Crippen LogP contribution < -0.4 is 5.73 Å². The lowest BCUT2D eigenvalue weighted by Crippen LogP contribution is -2.27. The van der Waals surface area contributed by atoms with Gasteiger partial charge in [-0.25, -0.2) is 0 Å². The largest absolute Gasteiger partial charge is 0.416 e. The Balaban J connectivity index is 2.59. The van der Waals surface area contributed by atoms with Crippen LogP contribution in [0.3, 0.4) is 0 Å². The summed E-state index contributed by atoms with van der Waals surface area (Å²) in [6.07, 6.45) is -14.8. The number of hydrogen-bond acceptors (Lipinski definition) is 1. The van der Waals surface area contributed by atoms with E-state index in [4.69, 9.17) is 5.73 Å². The molecule has 0 aliphatic heterocycles. The third-order valence-electron chi connectivity index (χ3n) is 4.63. The molecule has 2 atom stereocenters. The van der Waals surface area contributed by atoms with Crippen LogP contribution in [0.5, 0.6) is 0 Å². The Kier molecular flexibility index (Phi) is 6.89. The first kappa shape index (κ1) is 24.8. The van der Waals surface area contributed by atoms with Crippen LogP contribution in [-0.2, 0) is 18.5 Å². The van der Waals surface area contributed by atoms with Crippen LogP contribution in [0.2, 0.25) is 0 Å². The summed E-state index contributed by atoms with van der Waals surface area (Å²) in [5, 5.41) is 0. The van der Waals surface area contributed by atoms with Gasteiger partial charge in [0.05, 0.1) is 16.7 Å². The highest BCUT2D eigenvalue weighted by Gasteiger charge is 2.45. The Labute approximate surface area is 173 Å². The summed E-state index contributed by atoms with van der Waals surface area (Å²) in [5.74, 6) is -2.64. The van der Waals surface area contributed by atoms with Crippen LogP contribution in [0.15, 0.2) is 43.0 Å². The topological polar surface area (TPSA) is 26.0 Å². The second kappa shape index (κ2) is 8.60. The van der Waals surface area contributed by atoms with Gasteiger partial charge < -0.3 is 5.73 Å². The molecule has 0 spiro atoms. The number of benzene rings is 2. The highest BCUT2D eigenvalue weighted by atomic mass is 19.4. The highest BCUT2D eigenvalue weighted by Crippen LogP contribution is 2.46. The maximum absolute atomic E-state index is 13.5. The lowest BCUT2D eigenvalue weighted by molar-refractivity contribution is -0.149. The van der Waals surface area contributed by atoms with Crippen LogP contribution in [0, 0.1) is 0 Å². The number of alkyl halides is 9. The molecule has 0 aromatic heterocycles. The zero-order chi connectivity index (χ0) is 23.8. The zero-order valence-electron chi connectivity index (χ0n) is 16.0. The van der Waals surface area contributed by atoms with Crippen LogP contribution in [0.1, 0.15) is 52.1 Å². The van der Waals surface area contributed by atoms with E-state index >= 15 is 0 Å². The standard InChI is InChI=1S/C20H16BF9N/c1-3-11-4-6-12(7-5-11)17(31)21-10(2)16-14(19(25,26)27)8-13(18(22,23)24)9-15(16)20(28,29)30/h3-10,17H,1,31H2,2H3. The summed E-state index contributed by atoms with van der Waals surface area (Å²) in [6.45, 7) is 4.57. The Bertz CT molecular complexity index is 893. The lowest BCUT2D eigenvalue weighted by atomic mass is 9.54. The summed E-state index contributed by atoms with van der Waals surface area (Å²) in [5.41, 5.74) is -0.336. The van der Waals surface area contributed by atoms with Crippen LogP contribution >= 0.6 is 0 Å². The summed E-state index contributed by atoms with van der Waals surface area (Å²) in [7, 11) is 1.02. The number of halogens is 9. The van der Waals surface area contributed by atoms with Crippen LogP contribution in [0.4, 0.5) is 39.5 Å². The normalized spacial score (nSPS) is 14.8. The summed E-state index contributed by atoms with van der Waals surface area (Å²) in [4.78, 5) is 0. The van der Waals surface area contributed by atoms with Crippen molar-refractivity contribution in [1.29, 1.82) is 0 Å². The molecule has 11 heteroatoms. The molecule has 0 fully saturated rings. The molecular formula is C20H16BF9N. The molecular weight excluding hydrogens is 436 g/mol. The first-order valence-corrected chi connectivity index (χ1v) is 8.78.